The normalized spacial score (nSPS) is 28.9. The zero-order chi connectivity index (χ0) is 23.6. The Kier molecular flexibility index (Phi) is 5.16. The second-order valence-electron chi connectivity index (χ2n) is 8.76. The van der Waals surface area contributed by atoms with E-state index in [0.717, 1.165) is 5.57 Å². The van der Waals surface area contributed by atoms with Gasteiger partial charge in [0.05, 0.1) is 22.9 Å². The van der Waals surface area contributed by atoms with E-state index >= 15 is 0 Å². The monoisotopic (exact) mass is 511 g/mol. The van der Waals surface area contributed by atoms with Crippen molar-refractivity contribution >= 4 is 39.3 Å². The van der Waals surface area contributed by atoms with Crippen LogP contribution in [0.5, 0.6) is 11.5 Å². The molecule has 0 spiro atoms. The smallest absolute Gasteiger partial charge is 0.233 e. The molecular formula is C25H22BrNO6. The first-order valence-corrected chi connectivity index (χ1v) is 11.7. The number of likely N-dealkylation sites (tertiary alicyclic amines) is 1. The van der Waals surface area contributed by atoms with Crippen LogP contribution in [0.15, 0.2) is 51.6 Å². The molecule has 0 aromatic heterocycles. The number of carbonyl (C=O) groups excluding carboxylic acids is 4. The van der Waals surface area contributed by atoms with Gasteiger partial charge in [0.2, 0.25) is 11.8 Å². The number of amides is 2. The minimum Gasteiger partial charge on any atom is -0.504 e. The van der Waals surface area contributed by atoms with Gasteiger partial charge in [0.25, 0.3) is 0 Å². The minimum absolute atomic E-state index is 0.0975. The number of nitrogens with zero attached hydrogens (tertiary/aromatic N) is 1. The summed E-state index contributed by atoms with van der Waals surface area (Å²) in [6.07, 6.45) is 3.76. The summed E-state index contributed by atoms with van der Waals surface area (Å²) in [6.45, 7) is 2.15. The van der Waals surface area contributed by atoms with Gasteiger partial charge in [-0.15, -0.1) is 0 Å². The standard InChI is InChI=1S/C25H22BrNO6/c1-3-33-18-6-4-5-12(23(18)30)19-11-7-8-13-20(25(32)27(2)24(13)31)14(11)9-15-21(19)17(28)10-16(26)22(15)29/h4-7,10,13-14,19-20,30H,3,8-9H2,1-2H3/t13-,14+,19+,20-/m0/s1. The molecule has 7 nitrogen and oxygen atoms in total. The Balaban J connectivity index is 1.73. The highest BCUT2D eigenvalue weighted by atomic mass is 79.9. The third-order valence-corrected chi connectivity index (χ3v) is 7.78. The molecule has 2 amide bonds. The topological polar surface area (TPSA) is 101 Å². The number of hydrogen-bond donors (Lipinski definition) is 1. The van der Waals surface area contributed by atoms with E-state index in [4.69, 9.17) is 4.74 Å². The van der Waals surface area contributed by atoms with Crippen LogP contribution < -0.4 is 4.74 Å². The number of benzene rings is 1. The lowest BCUT2D eigenvalue weighted by atomic mass is 9.59. The molecule has 1 saturated heterocycles. The van der Waals surface area contributed by atoms with E-state index < -0.39 is 23.7 Å². The molecule has 0 saturated carbocycles. The molecular weight excluding hydrogens is 490 g/mol. The molecule has 3 aliphatic carbocycles. The van der Waals surface area contributed by atoms with E-state index in [-0.39, 0.29) is 45.8 Å². The highest BCUT2D eigenvalue weighted by molar-refractivity contribution is 9.12. The van der Waals surface area contributed by atoms with Gasteiger partial charge in [0.15, 0.2) is 23.1 Å². The molecule has 1 fully saturated rings. The van der Waals surface area contributed by atoms with Crippen molar-refractivity contribution in [3.8, 4) is 11.5 Å². The SMILES string of the molecule is CCOc1cccc([C@H]2C3=CC[C@@H]4C(=O)N(C)C(=O)[C@@H]4[C@@H]3CC3=C2C(=O)C=C(Br)C3=O)c1O. The number of rotatable bonds is 3. The maximum atomic E-state index is 13.2. The van der Waals surface area contributed by atoms with Crippen molar-refractivity contribution < 1.29 is 29.0 Å². The first-order valence-electron chi connectivity index (χ1n) is 10.9. The lowest BCUT2D eigenvalue weighted by Gasteiger charge is -2.42. The van der Waals surface area contributed by atoms with Crippen LogP contribution in [0.1, 0.15) is 31.2 Å². The molecule has 4 aliphatic rings. The second kappa shape index (κ2) is 7.80. The van der Waals surface area contributed by atoms with Gasteiger partial charge < -0.3 is 9.84 Å². The molecule has 0 radical (unpaired) electrons. The summed E-state index contributed by atoms with van der Waals surface area (Å²) in [7, 11) is 1.49. The van der Waals surface area contributed by atoms with Crippen molar-refractivity contribution in [2.75, 3.05) is 13.7 Å². The van der Waals surface area contributed by atoms with Crippen molar-refractivity contribution in [2.45, 2.75) is 25.7 Å². The van der Waals surface area contributed by atoms with Crippen molar-refractivity contribution in [3.05, 3.63) is 57.1 Å². The number of allylic oxidation sites excluding steroid dienone is 6. The number of carbonyl (C=O) groups is 4. The van der Waals surface area contributed by atoms with E-state index in [1.807, 2.05) is 6.08 Å². The Morgan fingerprint density at radius 3 is 2.64 bits per heavy atom. The number of imide groups is 1. The maximum Gasteiger partial charge on any atom is 0.233 e. The Morgan fingerprint density at radius 1 is 1.15 bits per heavy atom. The number of halogens is 1. The highest BCUT2D eigenvalue weighted by Crippen LogP contribution is 2.56. The zero-order valence-electron chi connectivity index (χ0n) is 18.1. The van der Waals surface area contributed by atoms with Gasteiger partial charge in [-0.1, -0.05) is 23.8 Å². The average Bonchev–Trinajstić information content (AvgIpc) is 3.02. The van der Waals surface area contributed by atoms with Crippen LogP contribution in [0.25, 0.3) is 0 Å². The Labute approximate surface area is 198 Å². The maximum absolute atomic E-state index is 13.2. The number of phenols is 1. The second-order valence-corrected chi connectivity index (χ2v) is 9.61. The molecule has 1 N–H and O–H groups in total. The fourth-order valence-corrected chi connectivity index (χ4v) is 6.21. The number of ether oxygens (including phenoxy) is 1. The van der Waals surface area contributed by atoms with Gasteiger partial charge in [-0.05, 0) is 47.7 Å². The molecule has 170 valence electrons. The summed E-state index contributed by atoms with van der Waals surface area (Å²) in [6, 6.07) is 5.08. The van der Waals surface area contributed by atoms with Gasteiger partial charge in [0, 0.05) is 35.8 Å². The first kappa shape index (κ1) is 21.8. The van der Waals surface area contributed by atoms with E-state index in [9.17, 15) is 24.3 Å². The van der Waals surface area contributed by atoms with E-state index in [1.165, 1.54) is 18.0 Å². The summed E-state index contributed by atoms with van der Waals surface area (Å²) in [5.74, 6) is -3.10. The summed E-state index contributed by atoms with van der Waals surface area (Å²) >= 11 is 3.20. The number of para-hydroxylation sites is 1. The fraction of sp³-hybridized carbons (Fsp3) is 0.360. The number of phenolic OH excluding ortho intramolecular Hbond substituents is 1. The molecule has 1 aliphatic heterocycles. The third kappa shape index (κ3) is 3.07. The van der Waals surface area contributed by atoms with Crippen LogP contribution in [0.3, 0.4) is 0 Å². The third-order valence-electron chi connectivity index (χ3n) is 7.19. The number of Topliss-reactive ketones (excluding diaryl/α,β-unsaturated/α-hetero) is 1. The van der Waals surface area contributed by atoms with Crippen LogP contribution in [0.2, 0.25) is 0 Å². The molecule has 1 aromatic rings. The van der Waals surface area contributed by atoms with Crippen molar-refractivity contribution in [1.29, 1.82) is 0 Å². The van der Waals surface area contributed by atoms with Crippen LogP contribution in [-0.2, 0) is 19.2 Å². The van der Waals surface area contributed by atoms with E-state index in [0.29, 0.717) is 29.7 Å². The van der Waals surface area contributed by atoms with Crippen LogP contribution in [0.4, 0.5) is 0 Å². The molecule has 1 aromatic carbocycles. The fourth-order valence-electron chi connectivity index (χ4n) is 5.76. The van der Waals surface area contributed by atoms with Gasteiger partial charge in [-0.25, -0.2) is 0 Å². The van der Waals surface area contributed by atoms with Gasteiger partial charge in [-0.2, -0.15) is 0 Å². The van der Waals surface area contributed by atoms with E-state index in [2.05, 4.69) is 15.9 Å². The van der Waals surface area contributed by atoms with Crippen molar-refractivity contribution in [2.24, 2.45) is 17.8 Å². The first-order chi connectivity index (χ1) is 15.8. The number of fused-ring (bicyclic) bond motifs is 3. The van der Waals surface area contributed by atoms with Crippen LogP contribution >= 0.6 is 15.9 Å². The molecule has 1 heterocycles. The molecule has 0 bridgehead atoms. The zero-order valence-corrected chi connectivity index (χ0v) is 19.7. The van der Waals surface area contributed by atoms with Gasteiger partial charge in [-0.3, -0.25) is 24.1 Å². The summed E-state index contributed by atoms with van der Waals surface area (Å²) in [5, 5.41) is 11.1. The van der Waals surface area contributed by atoms with Crippen LogP contribution in [-0.4, -0.2) is 47.0 Å². The number of hydrogen-bond acceptors (Lipinski definition) is 6. The Hall–Kier alpha value is -3.00. The lowest BCUT2D eigenvalue weighted by molar-refractivity contribution is -0.138. The Bertz CT molecular complexity index is 1230. The van der Waals surface area contributed by atoms with Gasteiger partial charge in [0.1, 0.15) is 0 Å². The van der Waals surface area contributed by atoms with Gasteiger partial charge >= 0.3 is 0 Å². The molecule has 0 unspecified atom stereocenters. The largest absolute Gasteiger partial charge is 0.504 e. The minimum atomic E-state index is -0.706. The number of ketones is 2. The predicted octanol–water partition coefficient (Wildman–Crippen LogP) is 3.18. The Morgan fingerprint density at radius 2 is 1.91 bits per heavy atom. The molecule has 8 heteroatoms. The highest BCUT2D eigenvalue weighted by Gasteiger charge is 2.55. The lowest BCUT2D eigenvalue weighted by Crippen LogP contribution is -2.39. The predicted molar refractivity (Wildman–Crippen MR) is 122 cm³/mol. The van der Waals surface area contributed by atoms with E-state index in [1.54, 1.807) is 25.1 Å². The van der Waals surface area contributed by atoms with Crippen LogP contribution in [0, 0.1) is 17.8 Å². The summed E-state index contributed by atoms with van der Waals surface area (Å²) < 4.78 is 5.73. The van der Waals surface area contributed by atoms with Crippen molar-refractivity contribution in [1.82, 2.24) is 4.90 Å². The van der Waals surface area contributed by atoms with Crippen molar-refractivity contribution in [3.63, 3.8) is 0 Å². The summed E-state index contributed by atoms with van der Waals surface area (Å²) in [5.41, 5.74) is 1.89. The molecule has 4 atom stereocenters. The number of aromatic hydroxyl groups is 1. The quantitative estimate of drug-likeness (QED) is 0.380. The molecule has 33 heavy (non-hydrogen) atoms. The average molecular weight is 512 g/mol. The summed E-state index contributed by atoms with van der Waals surface area (Å²) in [4.78, 5) is 53.2. The molecule has 5 rings (SSSR count).